The molecule has 3 heterocycles. The van der Waals surface area contributed by atoms with Crippen molar-refractivity contribution in [1.82, 2.24) is 0 Å². The Morgan fingerprint density at radius 3 is 1.06 bits per heavy atom. The number of furan rings is 1. The lowest BCUT2D eigenvalue weighted by Gasteiger charge is -2.35. The number of hydrogen-bond donors (Lipinski definition) is 0. The van der Waals surface area contributed by atoms with Crippen LogP contribution in [0.15, 0.2) is 441 Å². The molecule has 0 fully saturated rings. The van der Waals surface area contributed by atoms with Gasteiger partial charge in [0.05, 0.1) is 10.8 Å². The quantitative estimate of drug-likeness (QED) is 0.114. The standard InChI is InChI=1S/C55H35NO3.C55H37NO2/c1-3-14-36(15-4-1)37-16-13-19-41(34-37)56(42-30-31-44-43-20-8-10-23-48(43)57-52(44)35-42)40-28-26-39(27-29-40)55(38-17-5-2-6-18-38)46-22-9-7-21-45(46)53-47(55)32-33-51-54(53)59-50-25-12-11-24-49(50)58-51;1-4-15-38(16-5-1)40-27-31-44(32-28-40)56(45-33-29-41(30-34-45)39-17-6-2-7-18-39)46-22-14-21-43(37-46)55(42-19-8-3-9-20-42)48-24-11-10-23-47(48)53-49(55)35-36-52-54(53)58-51-26-13-12-25-50(51)57-52/h1-35H;1-37H. The van der Waals surface area contributed by atoms with Crippen molar-refractivity contribution in [3.63, 3.8) is 0 Å². The van der Waals surface area contributed by atoms with Crippen molar-refractivity contribution in [1.29, 1.82) is 0 Å². The molecule has 0 amide bonds. The van der Waals surface area contributed by atoms with Crippen LogP contribution in [0.3, 0.4) is 0 Å². The van der Waals surface area contributed by atoms with Crippen molar-refractivity contribution < 1.29 is 23.4 Å². The van der Waals surface area contributed by atoms with E-state index in [9.17, 15) is 0 Å². The maximum atomic E-state index is 6.77. The molecule has 2 aliphatic carbocycles. The van der Waals surface area contributed by atoms with Gasteiger partial charge in [0.1, 0.15) is 11.2 Å². The third-order valence-electron chi connectivity index (χ3n) is 23.6. The van der Waals surface area contributed by atoms with Crippen LogP contribution >= 0.6 is 0 Å². The van der Waals surface area contributed by atoms with Gasteiger partial charge in [-0.2, -0.15) is 0 Å². The Bertz CT molecular complexity index is 6910. The zero-order valence-corrected chi connectivity index (χ0v) is 63.5. The van der Waals surface area contributed by atoms with E-state index in [0.717, 1.165) is 129 Å². The Kier molecular flexibility index (Phi) is 16.6. The van der Waals surface area contributed by atoms with Crippen LogP contribution in [-0.4, -0.2) is 0 Å². The minimum atomic E-state index is -0.654. The second kappa shape index (κ2) is 28.3. The molecule has 2 aliphatic heterocycles. The van der Waals surface area contributed by atoms with Crippen molar-refractivity contribution in [2.75, 3.05) is 9.80 Å². The fraction of sp³-hybridized carbons (Fsp3) is 0.0182. The molecule has 0 N–H and O–H groups in total. The molecular weight excluding hydrogens is 1430 g/mol. The van der Waals surface area contributed by atoms with Crippen molar-refractivity contribution in [3.8, 4) is 102 Å². The lowest BCUT2D eigenvalue weighted by atomic mass is 9.67. The van der Waals surface area contributed by atoms with Gasteiger partial charge in [0.25, 0.3) is 0 Å². The zero-order chi connectivity index (χ0) is 77.4. The Balaban J connectivity index is 0.000000142. The molecule has 2 unspecified atom stereocenters. The van der Waals surface area contributed by atoms with Gasteiger partial charge in [0.2, 0.25) is 0 Å². The van der Waals surface area contributed by atoms with E-state index >= 15 is 0 Å². The maximum absolute atomic E-state index is 6.77. The summed E-state index contributed by atoms with van der Waals surface area (Å²) in [6, 6.07) is 155. The molecule has 1 aromatic heterocycles. The lowest BCUT2D eigenvalue weighted by molar-refractivity contribution is 0.360. The van der Waals surface area contributed by atoms with Gasteiger partial charge in [-0.25, -0.2) is 0 Å². The van der Waals surface area contributed by atoms with Crippen LogP contribution in [0.5, 0.6) is 46.0 Å². The third kappa shape index (κ3) is 11.4. The van der Waals surface area contributed by atoms with Gasteiger partial charge in [-0.3, -0.25) is 0 Å². The highest BCUT2D eigenvalue weighted by Crippen LogP contribution is 2.65. The van der Waals surface area contributed by atoms with Gasteiger partial charge < -0.3 is 33.2 Å². The fourth-order valence-corrected chi connectivity index (χ4v) is 18.5. The van der Waals surface area contributed by atoms with Crippen LogP contribution in [0, 0.1) is 0 Å². The Labute approximate surface area is 678 Å². The molecule has 23 rings (SSSR count). The van der Waals surface area contributed by atoms with Crippen LogP contribution in [0.4, 0.5) is 34.1 Å². The van der Waals surface area contributed by atoms with Crippen LogP contribution in [-0.2, 0) is 10.8 Å². The normalized spacial score (nSPS) is 14.7. The van der Waals surface area contributed by atoms with E-state index in [2.05, 4.69) is 386 Å². The number of ether oxygens (including phenoxy) is 4. The first kappa shape index (κ1) is 68.4. The second-order valence-corrected chi connectivity index (χ2v) is 30.0. The smallest absolute Gasteiger partial charge is 0.178 e. The van der Waals surface area contributed by atoms with E-state index in [1.165, 1.54) is 50.1 Å². The average Bonchev–Trinajstić information content (AvgIpc) is 1.54. The molecule has 0 saturated carbocycles. The van der Waals surface area contributed by atoms with E-state index in [1.54, 1.807) is 0 Å². The van der Waals surface area contributed by atoms with Gasteiger partial charge in [0.15, 0.2) is 46.0 Å². The number of fused-ring (bicyclic) bond motifs is 15. The summed E-state index contributed by atoms with van der Waals surface area (Å²) in [6.07, 6.45) is 0. The van der Waals surface area contributed by atoms with E-state index in [-0.39, 0.29) is 0 Å². The maximum Gasteiger partial charge on any atom is 0.178 e. The molecule has 0 saturated heterocycles. The minimum absolute atomic E-state index is 0.633. The summed E-state index contributed by atoms with van der Waals surface area (Å²) in [5.74, 6) is 5.79. The number of rotatable bonds is 13. The molecule has 19 aromatic rings. The van der Waals surface area contributed by atoms with E-state index < -0.39 is 10.8 Å². The van der Waals surface area contributed by atoms with Crippen LogP contribution < -0.4 is 28.7 Å². The summed E-state index contributed by atoms with van der Waals surface area (Å²) in [4.78, 5) is 4.70. The SMILES string of the molecule is c1ccc(-c2ccc(N(c3ccc(-c4ccccc4)cc3)c3cccc(C4(c5ccccc5)c5ccccc5-c5c4ccc4c5Oc5ccccc5O4)c3)cc2)cc1.c1ccc(-c2cccc(N(c3ccc(C4(c5ccccc5)c5ccccc5-c5c4ccc4c5Oc5ccccc5O4)cc3)c3ccc4c(c3)oc3ccccc34)c2)cc1. The first-order valence-corrected chi connectivity index (χ1v) is 39.7. The molecule has 0 bridgehead atoms. The van der Waals surface area contributed by atoms with Crippen molar-refractivity contribution in [2.45, 2.75) is 10.8 Å². The highest BCUT2D eigenvalue weighted by molar-refractivity contribution is 6.06. The lowest BCUT2D eigenvalue weighted by Crippen LogP contribution is -2.29. The molecule has 18 aromatic carbocycles. The summed E-state index contributed by atoms with van der Waals surface area (Å²) >= 11 is 0. The monoisotopic (exact) mass is 1500 g/mol. The van der Waals surface area contributed by atoms with Crippen molar-refractivity contribution in [3.05, 3.63) is 481 Å². The van der Waals surface area contributed by atoms with Crippen molar-refractivity contribution >= 4 is 56.1 Å². The van der Waals surface area contributed by atoms with Crippen LogP contribution in [0.2, 0.25) is 0 Å². The van der Waals surface area contributed by atoms with Gasteiger partial charge in [-0.05, 0) is 204 Å². The topological polar surface area (TPSA) is 56.5 Å². The van der Waals surface area contributed by atoms with E-state index in [1.807, 2.05) is 60.7 Å². The molecule has 4 aliphatic rings. The minimum Gasteiger partial charge on any atom is -0.456 e. The number of anilines is 6. The molecule has 552 valence electrons. The molecule has 7 nitrogen and oxygen atoms in total. The first-order chi connectivity index (χ1) is 58.0. The summed E-state index contributed by atoms with van der Waals surface area (Å²) in [5, 5.41) is 2.21. The van der Waals surface area contributed by atoms with Gasteiger partial charge in [0, 0.05) is 62.1 Å². The van der Waals surface area contributed by atoms with Gasteiger partial charge >= 0.3 is 0 Å². The first-order valence-electron chi connectivity index (χ1n) is 39.7. The number of nitrogens with zero attached hydrogens (tertiary/aromatic N) is 2. The predicted molar refractivity (Wildman–Crippen MR) is 474 cm³/mol. The summed E-state index contributed by atoms with van der Waals surface area (Å²) in [6.45, 7) is 0. The third-order valence-corrected chi connectivity index (χ3v) is 23.6. The zero-order valence-electron chi connectivity index (χ0n) is 63.5. The Morgan fingerprint density at radius 2 is 0.538 bits per heavy atom. The summed E-state index contributed by atoms with van der Waals surface area (Å²) in [5.41, 5.74) is 27.6. The molecule has 0 spiro atoms. The largest absolute Gasteiger partial charge is 0.456 e. The Hall–Kier alpha value is -15.4. The fourth-order valence-electron chi connectivity index (χ4n) is 18.5. The van der Waals surface area contributed by atoms with Crippen LogP contribution in [0.1, 0.15) is 44.5 Å². The summed E-state index contributed by atoms with van der Waals surface area (Å²) in [7, 11) is 0. The Morgan fingerprint density at radius 1 is 0.188 bits per heavy atom. The number of para-hydroxylation sites is 5. The highest BCUT2D eigenvalue weighted by atomic mass is 16.6. The van der Waals surface area contributed by atoms with E-state index in [4.69, 9.17) is 23.4 Å². The number of hydrogen-bond acceptors (Lipinski definition) is 7. The van der Waals surface area contributed by atoms with Crippen LogP contribution in [0.25, 0.3) is 77.6 Å². The average molecular weight is 1500 g/mol. The molecule has 0 radical (unpaired) electrons. The predicted octanol–water partition coefficient (Wildman–Crippen LogP) is 29.7. The number of benzene rings is 18. The van der Waals surface area contributed by atoms with Crippen molar-refractivity contribution in [2.24, 2.45) is 0 Å². The molecule has 7 heteroatoms. The molecule has 2 atom stereocenters. The second-order valence-electron chi connectivity index (χ2n) is 30.0. The molecule has 117 heavy (non-hydrogen) atoms. The summed E-state index contributed by atoms with van der Waals surface area (Å²) < 4.78 is 32.9. The van der Waals surface area contributed by atoms with Gasteiger partial charge in [-0.15, -0.1) is 0 Å². The molecular formula is C110H72N2O5. The highest BCUT2D eigenvalue weighted by Gasteiger charge is 2.50. The van der Waals surface area contributed by atoms with E-state index in [0.29, 0.717) is 23.0 Å². The van der Waals surface area contributed by atoms with Gasteiger partial charge in [-0.1, -0.05) is 315 Å².